The number of hydrogen-bond acceptors (Lipinski definition) is 6. The lowest BCUT2D eigenvalue weighted by atomic mass is 9.97. The minimum atomic E-state index is 0.294. The molecule has 2 saturated heterocycles. The number of piperidine rings is 2. The van der Waals surface area contributed by atoms with Gasteiger partial charge >= 0.3 is 0 Å². The van der Waals surface area contributed by atoms with E-state index in [0.717, 1.165) is 76.3 Å². The van der Waals surface area contributed by atoms with Crippen molar-refractivity contribution in [3.8, 4) is 11.3 Å². The van der Waals surface area contributed by atoms with Crippen molar-refractivity contribution in [2.45, 2.75) is 64.2 Å². The van der Waals surface area contributed by atoms with Gasteiger partial charge in [0.25, 0.3) is 0 Å². The van der Waals surface area contributed by atoms with E-state index >= 15 is 0 Å². The molecule has 2 aliphatic heterocycles. The Morgan fingerprint density at radius 1 is 0.929 bits per heavy atom. The first-order valence-corrected chi connectivity index (χ1v) is 15.6. The zero-order chi connectivity index (χ0) is 28.8. The number of benzene rings is 2. The van der Waals surface area contributed by atoms with Crippen LogP contribution in [0.25, 0.3) is 33.2 Å². The van der Waals surface area contributed by atoms with Crippen LogP contribution in [-0.4, -0.2) is 72.4 Å². The molecule has 9 heteroatoms. The minimum Gasteiger partial charge on any atom is -0.383 e. The van der Waals surface area contributed by atoms with Crippen LogP contribution in [0.5, 0.6) is 0 Å². The van der Waals surface area contributed by atoms with Crippen LogP contribution in [0.2, 0.25) is 5.02 Å². The van der Waals surface area contributed by atoms with E-state index in [9.17, 15) is 0 Å². The average molecular weight is 583 g/mol. The Bertz CT molecular complexity index is 1710. The average Bonchev–Trinajstić information content (AvgIpc) is 3.60. The molecule has 0 aliphatic carbocycles. The molecule has 5 aromatic rings. The van der Waals surface area contributed by atoms with Gasteiger partial charge in [0.05, 0.1) is 11.4 Å². The first-order valence-electron chi connectivity index (χ1n) is 15.3. The van der Waals surface area contributed by atoms with Crippen LogP contribution in [0.3, 0.4) is 0 Å². The minimum absolute atomic E-state index is 0.294. The summed E-state index contributed by atoms with van der Waals surface area (Å²) in [6.45, 7) is 9.94. The second-order valence-corrected chi connectivity index (χ2v) is 12.6. The van der Waals surface area contributed by atoms with Gasteiger partial charge in [-0.2, -0.15) is 5.10 Å². The highest BCUT2D eigenvalue weighted by Gasteiger charge is 2.31. The van der Waals surface area contributed by atoms with Crippen LogP contribution in [0.15, 0.2) is 61.1 Å². The molecule has 0 radical (unpaired) electrons. The monoisotopic (exact) mass is 582 g/mol. The van der Waals surface area contributed by atoms with Crippen molar-refractivity contribution in [2.24, 2.45) is 0 Å². The number of hydrogen-bond donors (Lipinski definition) is 1. The van der Waals surface area contributed by atoms with Gasteiger partial charge in [-0.3, -0.25) is 0 Å². The van der Waals surface area contributed by atoms with Gasteiger partial charge in [-0.15, -0.1) is 0 Å². The number of nitrogens with two attached hydrogens (primary N) is 1. The molecule has 0 atom stereocenters. The fraction of sp³-hybridized carbons (Fsp3) is 0.424. The third-order valence-corrected chi connectivity index (χ3v) is 9.82. The van der Waals surface area contributed by atoms with Crippen molar-refractivity contribution < 1.29 is 0 Å². The molecule has 3 aromatic heterocycles. The summed E-state index contributed by atoms with van der Waals surface area (Å²) in [4.78, 5) is 14.4. The summed E-state index contributed by atoms with van der Waals surface area (Å²) in [5.74, 6) is 0.479. The van der Waals surface area contributed by atoms with Gasteiger partial charge in [0.15, 0.2) is 5.65 Å². The first-order chi connectivity index (χ1) is 20.5. The largest absolute Gasteiger partial charge is 0.383 e. The van der Waals surface area contributed by atoms with E-state index in [1.165, 1.54) is 25.9 Å². The van der Waals surface area contributed by atoms with Crippen molar-refractivity contribution in [3.05, 3.63) is 71.6 Å². The van der Waals surface area contributed by atoms with Crippen molar-refractivity contribution in [2.75, 3.05) is 31.9 Å². The number of likely N-dealkylation sites (tertiary alicyclic amines) is 2. The highest BCUT2D eigenvalue weighted by atomic mass is 35.5. The van der Waals surface area contributed by atoms with E-state index in [0.29, 0.717) is 23.9 Å². The third kappa shape index (κ3) is 5.06. The van der Waals surface area contributed by atoms with Gasteiger partial charge < -0.3 is 20.1 Å². The van der Waals surface area contributed by atoms with E-state index in [-0.39, 0.29) is 0 Å². The summed E-state index contributed by atoms with van der Waals surface area (Å²) in [6, 6.07) is 18.3. The maximum absolute atomic E-state index is 6.47. The number of halogens is 1. The fourth-order valence-corrected chi connectivity index (χ4v) is 7.21. The maximum Gasteiger partial charge on any atom is 0.164 e. The van der Waals surface area contributed by atoms with Crippen LogP contribution < -0.4 is 5.73 Å². The SMILES string of the molecule is CC(C)N1CCC(N2CCC(n3nc(-c4ccc5c(ccn5Cc5ccccc5Cl)c4)c4c(N)ncnc43)CC2)CC1. The molecule has 0 spiro atoms. The van der Waals surface area contributed by atoms with Crippen LogP contribution in [0.4, 0.5) is 5.82 Å². The maximum atomic E-state index is 6.47. The third-order valence-electron chi connectivity index (χ3n) is 9.45. The van der Waals surface area contributed by atoms with Crippen LogP contribution >= 0.6 is 11.6 Å². The lowest BCUT2D eigenvalue weighted by molar-refractivity contribution is 0.0677. The van der Waals surface area contributed by atoms with Crippen LogP contribution in [0, 0.1) is 0 Å². The summed E-state index contributed by atoms with van der Waals surface area (Å²) in [6.07, 6.45) is 8.35. The van der Waals surface area contributed by atoms with Gasteiger partial charge in [0.2, 0.25) is 0 Å². The highest BCUT2D eigenvalue weighted by Crippen LogP contribution is 2.36. The normalized spacial score (nSPS) is 18.1. The van der Waals surface area contributed by atoms with E-state index in [4.69, 9.17) is 27.4 Å². The summed E-state index contributed by atoms with van der Waals surface area (Å²) in [7, 11) is 0. The quantitative estimate of drug-likeness (QED) is 0.255. The summed E-state index contributed by atoms with van der Waals surface area (Å²) in [5.41, 5.74) is 11.4. The van der Waals surface area contributed by atoms with E-state index < -0.39 is 0 Å². The zero-order valence-corrected chi connectivity index (χ0v) is 25.2. The molecular weight excluding hydrogens is 544 g/mol. The Kier molecular flexibility index (Phi) is 7.38. The molecule has 218 valence electrons. The second-order valence-electron chi connectivity index (χ2n) is 12.2. The molecule has 42 heavy (non-hydrogen) atoms. The van der Waals surface area contributed by atoms with Gasteiger partial charge in [0.1, 0.15) is 17.8 Å². The molecular formula is C33H39ClN8. The van der Waals surface area contributed by atoms with Crippen molar-refractivity contribution >= 4 is 39.4 Å². The van der Waals surface area contributed by atoms with Gasteiger partial charge in [-0.05, 0) is 82.4 Å². The van der Waals surface area contributed by atoms with Crippen molar-refractivity contribution in [1.82, 2.24) is 34.1 Å². The lowest BCUT2D eigenvalue weighted by Crippen LogP contribution is -2.49. The second kappa shape index (κ2) is 11.3. The summed E-state index contributed by atoms with van der Waals surface area (Å²) < 4.78 is 4.36. The Morgan fingerprint density at radius 2 is 1.69 bits per heavy atom. The molecule has 2 N–H and O–H groups in total. The molecule has 5 heterocycles. The summed E-state index contributed by atoms with van der Waals surface area (Å²) in [5, 5.41) is 7.96. The number of nitrogens with zero attached hydrogens (tertiary/aromatic N) is 7. The van der Waals surface area contributed by atoms with Gasteiger partial charge in [-0.25, -0.2) is 14.6 Å². The number of rotatable bonds is 6. The zero-order valence-electron chi connectivity index (χ0n) is 24.5. The predicted octanol–water partition coefficient (Wildman–Crippen LogP) is 6.24. The molecule has 0 saturated carbocycles. The number of fused-ring (bicyclic) bond motifs is 2. The molecule has 0 bridgehead atoms. The van der Waals surface area contributed by atoms with Crippen molar-refractivity contribution in [3.63, 3.8) is 0 Å². The molecule has 2 aliphatic rings. The van der Waals surface area contributed by atoms with Gasteiger partial charge in [-0.1, -0.05) is 35.9 Å². The topological polar surface area (TPSA) is 81.0 Å². The number of anilines is 1. The molecule has 8 nitrogen and oxygen atoms in total. The summed E-state index contributed by atoms with van der Waals surface area (Å²) >= 11 is 6.45. The molecule has 0 amide bonds. The Morgan fingerprint density at radius 3 is 2.45 bits per heavy atom. The first kappa shape index (κ1) is 27.4. The van der Waals surface area contributed by atoms with Crippen LogP contribution in [0.1, 0.15) is 51.1 Å². The van der Waals surface area contributed by atoms with Crippen LogP contribution in [-0.2, 0) is 6.54 Å². The van der Waals surface area contributed by atoms with Gasteiger partial charge in [0, 0.05) is 59.4 Å². The molecule has 0 unspecified atom stereocenters. The Balaban J connectivity index is 1.14. The molecule has 7 rings (SSSR count). The predicted molar refractivity (Wildman–Crippen MR) is 171 cm³/mol. The molecule has 2 fully saturated rings. The Hall–Kier alpha value is -3.46. The van der Waals surface area contributed by atoms with E-state index in [1.807, 2.05) is 18.2 Å². The highest BCUT2D eigenvalue weighted by molar-refractivity contribution is 6.31. The Labute approximate surface area is 252 Å². The fourth-order valence-electron chi connectivity index (χ4n) is 7.01. The standard InChI is InChI=1S/C33H39ClN8/c1-22(2)39-15-10-26(11-16-39)40-17-12-27(13-18-40)42-33-30(32(35)36-21-37-33)31(38-42)24-7-8-29-23(19-24)9-14-41(29)20-25-5-3-4-6-28(25)34/h3-9,14,19,21-22,26-27H,10-13,15-18,20H2,1-2H3,(H2,35,36,37). The van der Waals surface area contributed by atoms with Crippen molar-refractivity contribution in [1.29, 1.82) is 0 Å². The van der Waals surface area contributed by atoms with E-state index in [2.05, 4.69) is 74.4 Å². The molecule has 2 aromatic carbocycles. The lowest BCUT2D eigenvalue weighted by Gasteiger charge is -2.42. The van der Waals surface area contributed by atoms with E-state index in [1.54, 1.807) is 6.33 Å². The number of aromatic nitrogens is 5. The number of nitrogen functional groups attached to an aromatic ring is 1. The smallest absolute Gasteiger partial charge is 0.164 e.